The summed E-state index contributed by atoms with van der Waals surface area (Å²) in [5, 5.41) is 9.01. The number of nitrogens with one attached hydrogen (secondary N) is 1. The highest BCUT2D eigenvalue weighted by Crippen LogP contribution is 2.15. The molecule has 0 aromatic heterocycles. The lowest BCUT2D eigenvalue weighted by Crippen LogP contribution is -2.47. The number of nitriles is 1. The molecule has 5 nitrogen and oxygen atoms in total. The summed E-state index contributed by atoms with van der Waals surface area (Å²) in [6, 6.07) is 2.04. The van der Waals surface area contributed by atoms with Crippen LogP contribution in [0.25, 0.3) is 0 Å². The van der Waals surface area contributed by atoms with E-state index in [-0.39, 0.29) is 5.75 Å². The maximum absolute atomic E-state index is 11.7. The van der Waals surface area contributed by atoms with E-state index in [1.165, 1.54) is 7.11 Å². The van der Waals surface area contributed by atoms with E-state index in [1.54, 1.807) is 13.8 Å². The van der Waals surface area contributed by atoms with Crippen LogP contribution < -0.4 is 4.72 Å². The van der Waals surface area contributed by atoms with Gasteiger partial charge in [-0.2, -0.15) is 9.98 Å². The van der Waals surface area contributed by atoms with Gasteiger partial charge in [-0.05, 0) is 19.3 Å². The normalized spacial score (nSPS) is 12.4. The quantitative estimate of drug-likeness (QED) is 0.650. The van der Waals surface area contributed by atoms with Gasteiger partial charge in [0.1, 0.15) is 5.54 Å². The molecular weight excluding hydrogens is 228 g/mol. The summed E-state index contributed by atoms with van der Waals surface area (Å²) in [4.78, 5) is 0. The summed E-state index contributed by atoms with van der Waals surface area (Å²) < 4.78 is 30.6. The molecule has 0 rings (SSSR count). The van der Waals surface area contributed by atoms with Gasteiger partial charge in [-0.3, -0.25) is 0 Å². The minimum atomic E-state index is -3.40. The van der Waals surface area contributed by atoms with E-state index < -0.39 is 15.6 Å². The van der Waals surface area contributed by atoms with Crippen molar-refractivity contribution < 1.29 is 13.2 Å². The highest BCUT2D eigenvalue weighted by Gasteiger charge is 2.30. The van der Waals surface area contributed by atoms with E-state index in [0.29, 0.717) is 25.9 Å². The number of nitrogens with zero attached hydrogens (tertiary/aromatic N) is 1. The molecule has 0 aromatic carbocycles. The summed E-state index contributed by atoms with van der Waals surface area (Å²) in [6.07, 6.45) is 1.35. The van der Waals surface area contributed by atoms with Crippen molar-refractivity contribution in [3.8, 4) is 6.07 Å². The molecule has 0 aliphatic heterocycles. The zero-order valence-electron chi connectivity index (χ0n) is 10.1. The van der Waals surface area contributed by atoms with Gasteiger partial charge >= 0.3 is 0 Å². The molecule has 94 valence electrons. The Kier molecular flexibility index (Phi) is 6.56. The second-order valence-electron chi connectivity index (χ2n) is 3.67. The zero-order chi connectivity index (χ0) is 12.7. The standard InChI is InChI=1S/C10H20N2O3S/c1-4-10(5-2,9-11)12-16(13,14)8-6-7-15-3/h12H,4-8H2,1-3H3. The molecule has 16 heavy (non-hydrogen) atoms. The maximum atomic E-state index is 11.7. The van der Waals surface area contributed by atoms with Crippen molar-refractivity contribution in [3.05, 3.63) is 0 Å². The van der Waals surface area contributed by atoms with Crippen molar-refractivity contribution >= 4 is 10.0 Å². The van der Waals surface area contributed by atoms with Crippen LogP contribution in [0.2, 0.25) is 0 Å². The lowest BCUT2D eigenvalue weighted by Gasteiger charge is -2.24. The fourth-order valence-corrected chi connectivity index (χ4v) is 2.85. The third kappa shape index (κ3) is 4.92. The Hall–Kier alpha value is -0.640. The SMILES string of the molecule is CCC(C#N)(CC)NS(=O)(=O)CCCOC. The average Bonchev–Trinajstić information content (AvgIpc) is 2.26. The van der Waals surface area contributed by atoms with E-state index >= 15 is 0 Å². The van der Waals surface area contributed by atoms with Crippen LogP contribution in [0.1, 0.15) is 33.1 Å². The van der Waals surface area contributed by atoms with Crippen molar-refractivity contribution in [3.63, 3.8) is 0 Å². The van der Waals surface area contributed by atoms with E-state index in [1.807, 2.05) is 6.07 Å². The van der Waals surface area contributed by atoms with Crippen molar-refractivity contribution in [2.75, 3.05) is 19.5 Å². The Morgan fingerprint density at radius 3 is 2.31 bits per heavy atom. The topological polar surface area (TPSA) is 79.2 Å². The minimum absolute atomic E-state index is 0.00965. The number of methoxy groups -OCH3 is 1. The molecule has 1 N–H and O–H groups in total. The van der Waals surface area contributed by atoms with Crippen LogP contribution in [0.15, 0.2) is 0 Å². The first-order valence-corrected chi connectivity index (χ1v) is 7.02. The molecule has 0 fully saturated rings. The molecule has 0 saturated heterocycles. The third-order valence-corrected chi connectivity index (χ3v) is 4.06. The monoisotopic (exact) mass is 248 g/mol. The summed E-state index contributed by atoms with van der Waals surface area (Å²) in [6.45, 7) is 3.99. The third-order valence-electron chi connectivity index (χ3n) is 2.53. The molecule has 0 spiro atoms. The molecule has 0 radical (unpaired) electrons. The minimum Gasteiger partial charge on any atom is -0.385 e. The summed E-state index contributed by atoms with van der Waals surface area (Å²) in [5.74, 6) is -0.00965. The number of sulfonamides is 1. The Bertz CT molecular complexity index is 328. The molecule has 0 unspecified atom stereocenters. The van der Waals surface area contributed by atoms with Gasteiger partial charge in [0.2, 0.25) is 10.0 Å². The van der Waals surface area contributed by atoms with E-state index in [9.17, 15) is 8.42 Å². The van der Waals surface area contributed by atoms with Gasteiger partial charge in [0.15, 0.2) is 0 Å². The highest BCUT2D eigenvalue weighted by atomic mass is 32.2. The van der Waals surface area contributed by atoms with E-state index in [4.69, 9.17) is 10.00 Å². The Balaban J connectivity index is 4.50. The van der Waals surface area contributed by atoms with E-state index in [0.717, 1.165) is 0 Å². The fraction of sp³-hybridized carbons (Fsp3) is 0.900. The smallest absolute Gasteiger partial charge is 0.213 e. The molecule has 0 bridgehead atoms. The fourth-order valence-electron chi connectivity index (χ4n) is 1.32. The lowest BCUT2D eigenvalue weighted by atomic mass is 9.97. The van der Waals surface area contributed by atoms with Gasteiger partial charge in [0.05, 0.1) is 11.8 Å². The molecule has 0 aliphatic carbocycles. The molecule has 0 atom stereocenters. The van der Waals surface area contributed by atoms with Crippen molar-refractivity contribution in [2.45, 2.75) is 38.6 Å². The van der Waals surface area contributed by atoms with Crippen molar-refractivity contribution in [1.29, 1.82) is 5.26 Å². The number of rotatable bonds is 8. The van der Waals surface area contributed by atoms with Gasteiger partial charge in [0.25, 0.3) is 0 Å². The predicted molar refractivity (Wildman–Crippen MR) is 62.3 cm³/mol. The second kappa shape index (κ2) is 6.84. The average molecular weight is 248 g/mol. The molecular formula is C10H20N2O3S. The van der Waals surface area contributed by atoms with Gasteiger partial charge in [-0.1, -0.05) is 13.8 Å². The largest absolute Gasteiger partial charge is 0.385 e. The molecule has 0 aliphatic rings. The molecule has 0 heterocycles. The Labute approximate surface area is 97.8 Å². The van der Waals surface area contributed by atoms with Gasteiger partial charge in [-0.15, -0.1) is 0 Å². The van der Waals surface area contributed by atoms with Crippen LogP contribution in [-0.2, 0) is 14.8 Å². The van der Waals surface area contributed by atoms with Crippen LogP contribution in [0.3, 0.4) is 0 Å². The summed E-state index contributed by atoms with van der Waals surface area (Å²) in [5.41, 5.74) is -0.966. The van der Waals surface area contributed by atoms with E-state index in [2.05, 4.69) is 4.72 Å². The Morgan fingerprint density at radius 1 is 1.38 bits per heavy atom. The molecule has 0 amide bonds. The van der Waals surface area contributed by atoms with Crippen LogP contribution in [0.5, 0.6) is 0 Å². The zero-order valence-corrected chi connectivity index (χ0v) is 10.9. The van der Waals surface area contributed by atoms with Crippen LogP contribution >= 0.6 is 0 Å². The first-order chi connectivity index (χ1) is 7.45. The van der Waals surface area contributed by atoms with Gasteiger partial charge in [-0.25, -0.2) is 8.42 Å². The lowest BCUT2D eigenvalue weighted by molar-refractivity contribution is 0.199. The van der Waals surface area contributed by atoms with Crippen LogP contribution in [-0.4, -0.2) is 33.4 Å². The molecule has 0 aromatic rings. The van der Waals surface area contributed by atoms with Crippen molar-refractivity contribution in [2.24, 2.45) is 0 Å². The number of hydrogen-bond acceptors (Lipinski definition) is 4. The van der Waals surface area contributed by atoms with Crippen LogP contribution in [0, 0.1) is 11.3 Å². The molecule has 6 heteroatoms. The second-order valence-corrected chi connectivity index (χ2v) is 5.51. The summed E-state index contributed by atoms with van der Waals surface area (Å²) in [7, 11) is -1.87. The number of ether oxygens (including phenoxy) is 1. The van der Waals surface area contributed by atoms with Gasteiger partial charge in [0, 0.05) is 13.7 Å². The van der Waals surface area contributed by atoms with Crippen LogP contribution in [0.4, 0.5) is 0 Å². The van der Waals surface area contributed by atoms with Gasteiger partial charge < -0.3 is 4.74 Å². The first kappa shape index (κ1) is 15.4. The van der Waals surface area contributed by atoms with Crippen molar-refractivity contribution in [1.82, 2.24) is 4.72 Å². The summed E-state index contributed by atoms with van der Waals surface area (Å²) >= 11 is 0. The number of hydrogen-bond donors (Lipinski definition) is 1. The maximum Gasteiger partial charge on any atom is 0.213 e. The predicted octanol–water partition coefficient (Wildman–Crippen LogP) is 1.02. The first-order valence-electron chi connectivity index (χ1n) is 5.37. The molecule has 0 saturated carbocycles. The Morgan fingerprint density at radius 2 is 1.94 bits per heavy atom. The highest BCUT2D eigenvalue weighted by molar-refractivity contribution is 7.89.